The van der Waals surface area contributed by atoms with Gasteiger partial charge in [-0.3, -0.25) is 0 Å². The minimum Gasteiger partial charge on any atom is -0.494 e. The Morgan fingerprint density at radius 3 is 2.62 bits per heavy atom. The molecule has 3 nitrogen and oxygen atoms in total. The number of aromatic nitrogens is 2. The molecule has 0 spiro atoms. The molecule has 21 heavy (non-hydrogen) atoms. The fourth-order valence-electron chi connectivity index (χ4n) is 3.29. The zero-order valence-electron chi connectivity index (χ0n) is 12.7. The van der Waals surface area contributed by atoms with Gasteiger partial charge in [-0.05, 0) is 43.3 Å². The maximum Gasteiger partial charge on any atom is 0.178 e. The molecule has 0 amide bonds. The van der Waals surface area contributed by atoms with Crippen LogP contribution in [0, 0.1) is 16.0 Å². The summed E-state index contributed by atoms with van der Waals surface area (Å²) in [6, 6.07) is 3.60. The third-order valence-corrected chi connectivity index (χ3v) is 4.96. The first kappa shape index (κ1) is 14.6. The van der Waals surface area contributed by atoms with Crippen molar-refractivity contribution in [1.82, 2.24) is 9.55 Å². The molecule has 0 unspecified atom stereocenters. The highest BCUT2D eigenvalue weighted by atomic mass is 32.1. The standard InChI is InChI=1S/C16H21FN2OS/c1-16(2)6-4-10(5-7-16)19-13-9-14(20-3)11(17)8-12(13)18-15(19)21/h8-10H,4-7H2,1-3H3,(H,18,21). The highest BCUT2D eigenvalue weighted by Gasteiger charge is 2.29. The Balaban J connectivity index is 2.06. The minimum atomic E-state index is -0.363. The first-order chi connectivity index (χ1) is 9.91. The number of fused-ring (bicyclic) bond motifs is 1. The van der Waals surface area contributed by atoms with Gasteiger partial charge in [0.1, 0.15) is 0 Å². The van der Waals surface area contributed by atoms with Crippen molar-refractivity contribution in [3.05, 3.63) is 22.7 Å². The van der Waals surface area contributed by atoms with Gasteiger partial charge in [-0.1, -0.05) is 13.8 Å². The third kappa shape index (κ3) is 2.59. The second kappa shape index (κ2) is 5.13. The molecular formula is C16H21FN2OS. The number of rotatable bonds is 2. The van der Waals surface area contributed by atoms with Gasteiger partial charge >= 0.3 is 0 Å². The quantitative estimate of drug-likeness (QED) is 0.792. The first-order valence-electron chi connectivity index (χ1n) is 7.39. The molecule has 0 aliphatic heterocycles. The Kier molecular flexibility index (Phi) is 3.56. The molecule has 1 aliphatic carbocycles. The molecule has 1 aromatic heterocycles. The topological polar surface area (TPSA) is 29.9 Å². The van der Waals surface area contributed by atoms with Crippen LogP contribution in [-0.4, -0.2) is 16.7 Å². The van der Waals surface area contributed by atoms with Gasteiger partial charge in [0.2, 0.25) is 0 Å². The van der Waals surface area contributed by atoms with Crippen LogP contribution in [0.25, 0.3) is 11.0 Å². The molecule has 2 aromatic rings. The third-order valence-electron chi connectivity index (χ3n) is 4.66. The second-order valence-electron chi connectivity index (χ2n) is 6.70. The van der Waals surface area contributed by atoms with E-state index in [4.69, 9.17) is 17.0 Å². The van der Waals surface area contributed by atoms with Gasteiger partial charge in [0, 0.05) is 18.2 Å². The van der Waals surface area contributed by atoms with E-state index in [2.05, 4.69) is 23.4 Å². The van der Waals surface area contributed by atoms with Crippen molar-refractivity contribution in [2.75, 3.05) is 7.11 Å². The van der Waals surface area contributed by atoms with E-state index >= 15 is 0 Å². The minimum absolute atomic E-state index is 0.265. The van der Waals surface area contributed by atoms with Crippen molar-refractivity contribution in [2.45, 2.75) is 45.6 Å². The lowest BCUT2D eigenvalue weighted by atomic mass is 9.75. The first-order valence-corrected chi connectivity index (χ1v) is 7.80. The van der Waals surface area contributed by atoms with Crippen LogP contribution in [0.4, 0.5) is 4.39 Å². The van der Waals surface area contributed by atoms with E-state index in [1.165, 1.54) is 26.0 Å². The summed E-state index contributed by atoms with van der Waals surface area (Å²) < 4.78 is 21.7. The smallest absolute Gasteiger partial charge is 0.178 e. The van der Waals surface area contributed by atoms with Gasteiger partial charge in [0.05, 0.1) is 18.1 Å². The molecular weight excluding hydrogens is 287 g/mol. The van der Waals surface area contributed by atoms with Gasteiger partial charge in [0.15, 0.2) is 16.3 Å². The number of hydrogen-bond acceptors (Lipinski definition) is 2. The summed E-state index contributed by atoms with van der Waals surface area (Å²) in [5.74, 6) is -0.0976. The molecule has 1 aliphatic rings. The number of nitrogens with zero attached hydrogens (tertiary/aromatic N) is 1. The summed E-state index contributed by atoms with van der Waals surface area (Å²) in [6.45, 7) is 4.63. The predicted molar refractivity (Wildman–Crippen MR) is 84.9 cm³/mol. The summed E-state index contributed by atoms with van der Waals surface area (Å²) in [6.07, 6.45) is 4.58. The number of aromatic amines is 1. The number of ether oxygens (including phenoxy) is 1. The molecule has 1 heterocycles. The van der Waals surface area contributed by atoms with Crippen molar-refractivity contribution in [3.8, 4) is 5.75 Å². The zero-order valence-corrected chi connectivity index (χ0v) is 13.5. The van der Waals surface area contributed by atoms with Crippen molar-refractivity contribution in [2.24, 2.45) is 5.41 Å². The average molecular weight is 308 g/mol. The SMILES string of the molecule is COc1cc2c(cc1F)[nH]c(=S)n2C1CCC(C)(C)CC1. The Morgan fingerprint density at radius 1 is 1.33 bits per heavy atom. The van der Waals surface area contributed by atoms with E-state index in [1.807, 2.05) is 0 Å². The number of nitrogens with one attached hydrogen (secondary N) is 1. The average Bonchev–Trinajstić information content (AvgIpc) is 2.73. The van der Waals surface area contributed by atoms with E-state index in [9.17, 15) is 4.39 Å². The van der Waals surface area contributed by atoms with E-state index in [0.29, 0.717) is 16.2 Å². The molecule has 0 atom stereocenters. The van der Waals surface area contributed by atoms with Crippen LogP contribution in [0.1, 0.15) is 45.6 Å². The molecule has 1 saturated carbocycles. The van der Waals surface area contributed by atoms with Crippen molar-refractivity contribution in [1.29, 1.82) is 0 Å². The largest absolute Gasteiger partial charge is 0.494 e. The zero-order chi connectivity index (χ0) is 15.2. The summed E-state index contributed by atoms with van der Waals surface area (Å²) in [7, 11) is 1.49. The highest BCUT2D eigenvalue weighted by molar-refractivity contribution is 7.71. The summed E-state index contributed by atoms with van der Waals surface area (Å²) in [4.78, 5) is 3.12. The maximum absolute atomic E-state index is 13.8. The number of halogens is 1. The molecule has 5 heteroatoms. The molecule has 0 saturated heterocycles. The Bertz CT molecular complexity index is 722. The molecule has 0 radical (unpaired) electrons. The Labute approximate surface area is 129 Å². The highest BCUT2D eigenvalue weighted by Crippen LogP contribution is 2.41. The lowest BCUT2D eigenvalue weighted by molar-refractivity contribution is 0.195. The number of methoxy groups -OCH3 is 1. The number of imidazole rings is 1. The van der Waals surface area contributed by atoms with Crippen molar-refractivity contribution < 1.29 is 9.13 Å². The molecule has 1 N–H and O–H groups in total. The lowest BCUT2D eigenvalue weighted by Crippen LogP contribution is -2.23. The predicted octanol–water partition coefficient (Wildman–Crippen LogP) is 4.99. The van der Waals surface area contributed by atoms with Crippen molar-refractivity contribution in [3.63, 3.8) is 0 Å². The van der Waals surface area contributed by atoms with Gasteiger partial charge in [-0.15, -0.1) is 0 Å². The van der Waals surface area contributed by atoms with Crippen LogP contribution >= 0.6 is 12.2 Å². The van der Waals surface area contributed by atoms with Crippen LogP contribution < -0.4 is 4.74 Å². The van der Waals surface area contributed by atoms with Crippen LogP contribution in [0.2, 0.25) is 0 Å². The van der Waals surface area contributed by atoms with Crippen molar-refractivity contribution >= 4 is 23.3 Å². The molecule has 114 valence electrons. The Hall–Kier alpha value is -1.36. The monoisotopic (exact) mass is 308 g/mol. The van der Waals surface area contributed by atoms with Crippen LogP contribution in [-0.2, 0) is 0 Å². The van der Waals surface area contributed by atoms with E-state index in [1.54, 1.807) is 6.07 Å². The van der Waals surface area contributed by atoms with Gasteiger partial charge < -0.3 is 14.3 Å². The van der Waals surface area contributed by atoms with E-state index < -0.39 is 0 Å². The van der Waals surface area contributed by atoms with E-state index in [0.717, 1.165) is 23.9 Å². The maximum atomic E-state index is 13.8. The van der Waals surface area contributed by atoms with Crippen LogP contribution in [0.5, 0.6) is 5.75 Å². The fourth-order valence-corrected chi connectivity index (χ4v) is 3.65. The summed E-state index contributed by atoms with van der Waals surface area (Å²) in [5, 5.41) is 0. The fraction of sp³-hybridized carbons (Fsp3) is 0.562. The Morgan fingerprint density at radius 2 is 2.00 bits per heavy atom. The van der Waals surface area contributed by atoms with Crippen LogP contribution in [0.15, 0.2) is 12.1 Å². The summed E-state index contributed by atoms with van der Waals surface area (Å²) in [5.41, 5.74) is 2.08. The van der Waals surface area contributed by atoms with Crippen LogP contribution in [0.3, 0.4) is 0 Å². The number of H-pyrrole nitrogens is 1. The number of benzene rings is 1. The normalized spacial score (nSPS) is 19.0. The molecule has 1 fully saturated rings. The number of hydrogen-bond donors (Lipinski definition) is 1. The molecule has 0 bridgehead atoms. The van der Waals surface area contributed by atoms with Gasteiger partial charge in [-0.2, -0.15) is 0 Å². The molecule has 1 aromatic carbocycles. The lowest BCUT2D eigenvalue weighted by Gasteiger charge is -2.35. The van der Waals surface area contributed by atoms with Gasteiger partial charge in [-0.25, -0.2) is 4.39 Å². The van der Waals surface area contributed by atoms with Gasteiger partial charge in [0.25, 0.3) is 0 Å². The van der Waals surface area contributed by atoms with E-state index in [-0.39, 0.29) is 11.6 Å². The summed E-state index contributed by atoms with van der Waals surface area (Å²) >= 11 is 5.46. The second-order valence-corrected chi connectivity index (χ2v) is 7.09. The molecule has 3 rings (SSSR count).